The second kappa shape index (κ2) is 7.40. The molecule has 6 heteroatoms. The van der Waals surface area contributed by atoms with Gasteiger partial charge in [0.25, 0.3) is 0 Å². The van der Waals surface area contributed by atoms with Gasteiger partial charge in [0.05, 0.1) is 11.5 Å². The van der Waals surface area contributed by atoms with Crippen LogP contribution in [-0.4, -0.2) is 16.7 Å². The molecular weight excluding hydrogens is 284 g/mol. The predicted octanol–water partition coefficient (Wildman–Crippen LogP) is 4.24. The van der Waals surface area contributed by atoms with E-state index < -0.39 is 4.92 Å². The minimum absolute atomic E-state index is 0.101. The molecule has 22 heavy (non-hydrogen) atoms. The zero-order chi connectivity index (χ0) is 15.9. The maximum Gasteiger partial charge on any atom is 0.338 e. The molecule has 1 aromatic carbocycles. The van der Waals surface area contributed by atoms with Gasteiger partial charge in [-0.1, -0.05) is 36.7 Å². The lowest BCUT2D eigenvalue weighted by Gasteiger charge is -2.04. The number of benzene rings is 1. The summed E-state index contributed by atoms with van der Waals surface area (Å²) in [6.07, 6.45) is 5.40. The highest BCUT2D eigenvalue weighted by molar-refractivity contribution is 5.71. The van der Waals surface area contributed by atoms with Crippen LogP contribution in [0.4, 0.5) is 5.69 Å². The zero-order valence-electron chi connectivity index (χ0n) is 12.6. The van der Waals surface area contributed by atoms with Crippen LogP contribution in [0.3, 0.4) is 0 Å². The van der Waals surface area contributed by atoms with Gasteiger partial charge in [0.15, 0.2) is 5.69 Å². The first-order valence-electron chi connectivity index (χ1n) is 7.13. The molecule has 0 aliphatic rings. The molecule has 0 aliphatic carbocycles. The fourth-order valence-electron chi connectivity index (χ4n) is 1.90. The summed E-state index contributed by atoms with van der Waals surface area (Å²) in [5.41, 5.74) is 1.06. The van der Waals surface area contributed by atoms with Crippen molar-refractivity contribution in [2.45, 2.75) is 26.7 Å². The average molecular weight is 302 g/mol. The lowest BCUT2D eigenvalue weighted by molar-refractivity contribution is -0.386. The molecule has 0 unspecified atom stereocenters. The molecule has 0 bridgehead atoms. The number of nitrogens with zero attached hydrogens (tertiary/aromatic N) is 2. The minimum atomic E-state index is -0.490. The third-order valence-electron chi connectivity index (χ3n) is 3.11. The van der Waals surface area contributed by atoms with Gasteiger partial charge in [-0.15, -0.1) is 0 Å². The van der Waals surface area contributed by atoms with Gasteiger partial charge >= 0.3 is 5.69 Å². The Balaban J connectivity index is 2.06. The van der Waals surface area contributed by atoms with Gasteiger partial charge in [-0.3, -0.25) is 10.1 Å². The zero-order valence-corrected chi connectivity index (χ0v) is 12.6. The summed E-state index contributed by atoms with van der Waals surface area (Å²) in [6.45, 7) is 4.36. The lowest BCUT2D eigenvalue weighted by atomic mass is 10.2. The summed E-state index contributed by atoms with van der Waals surface area (Å²) in [6, 6.07) is 7.50. The molecule has 6 nitrogen and oxygen atoms in total. The van der Waals surface area contributed by atoms with Crippen molar-refractivity contribution in [3.8, 4) is 5.75 Å². The molecule has 0 fully saturated rings. The fraction of sp³-hybridized carbons (Fsp3) is 0.312. The molecule has 1 heterocycles. The van der Waals surface area contributed by atoms with Gasteiger partial charge in [-0.25, -0.2) is 0 Å². The molecule has 0 saturated carbocycles. The molecular formula is C16H18N2O4. The Morgan fingerprint density at radius 1 is 1.32 bits per heavy atom. The molecule has 0 spiro atoms. The number of aromatic nitrogens is 1. The van der Waals surface area contributed by atoms with Crippen molar-refractivity contribution in [1.82, 2.24) is 5.16 Å². The van der Waals surface area contributed by atoms with Crippen LogP contribution in [-0.2, 0) is 0 Å². The topological polar surface area (TPSA) is 78.4 Å². The van der Waals surface area contributed by atoms with Crippen molar-refractivity contribution in [3.63, 3.8) is 0 Å². The molecule has 116 valence electrons. The van der Waals surface area contributed by atoms with Crippen LogP contribution in [0.5, 0.6) is 5.75 Å². The summed E-state index contributed by atoms with van der Waals surface area (Å²) in [5, 5.41) is 14.6. The monoisotopic (exact) mass is 302 g/mol. The fourth-order valence-corrected chi connectivity index (χ4v) is 1.90. The van der Waals surface area contributed by atoms with Gasteiger partial charge < -0.3 is 9.26 Å². The Bertz CT molecular complexity index is 659. The Labute approximate surface area is 128 Å². The highest BCUT2D eigenvalue weighted by Crippen LogP contribution is 2.24. The van der Waals surface area contributed by atoms with Crippen molar-refractivity contribution in [1.29, 1.82) is 0 Å². The molecule has 1 aromatic heterocycles. The number of aryl methyl sites for hydroxylation is 1. The molecule has 0 radical (unpaired) electrons. The summed E-state index contributed by atoms with van der Waals surface area (Å²) in [7, 11) is 0. The van der Waals surface area contributed by atoms with E-state index in [4.69, 9.17) is 9.26 Å². The number of unbranched alkanes of at least 4 members (excludes halogenated alkanes) is 1. The van der Waals surface area contributed by atoms with E-state index in [0.29, 0.717) is 6.61 Å². The molecule has 0 saturated heterocycles. The van der Waals surface area contributed by atoms with Crippen LogP contribution in [0.2, 0.25) is 0 Å². The quantitative estimate of drug-likeness (QED) is 0.434. The smallest absolute Gasteiger partial charge is 0.338 e. The summed E-state index contributed by atoms with van der Waals surface area (Å²) in [4.78, 5) is 10.5. The molecule has 2 aromatic rings. The summed E-state index contributed by atoms with van der Waals surface area (Å²) in [5.74, 6) is 0.956. The maximum atomic E-state index is 10.9. The number of rotatable bonds is 7. The van der Waals surface area contributed by atoms with Gasteiger partial charge in [0.2, 0.25) is 5.76 Å². The Kier molecular flexibility index (Phi) is 5.30. The van der Waals surface area contributed by atoms with E-state index in [0.717, 1.165) is 24.2 Å². The van der Waals surface area contributed by atoms with E-state index in [2.05, 4.69) is 12.1 Å². The highest BCUT2D eigenvalue weighted by atomic mass is 16.6. The largest absolute Gasteiger partial charge is 0.494 e. The number of nitro groups is 1. The Morgan fingerprint density at radius 3 is 2.68 bits per heavy atom. The number of hydrogen-bond acceptors (Lipinski definition) is 5. The van der Waals surface area contributed by atoms with Crippen LogP contribution < -0.4 is 4.74 Å². The number of ether oxygens (including phenoxy) is 1. The van der Waals surface area contributed by atoms with Crippen LogP contribution in [0, 0.1) is 17.0 Å². The Hall–Kier alpha value is -2.63. The van der Waals surface area contributed by atoms with Crippen molar-refractivity contribution in [2.75, 3.05) is 6.61 Å². The van der Waals surface area contributed by atoms with Crippen molar-refractivity contribution >= 4 is 17.8 Å². The highest BCUT2D eigenvalue weighted by Gasteiger charge is 2.21. The third kappa shape index (κ3) is 3.94. The predicted molar refractivity (Wildman–Crippen MR) is 83.7 cm³/mol. The SMILES string of the molecule is CCCCOc1ccc(/C=C/c2onc(C)c2[N+](=O)[O-])cc1. The maximum absolute atomic E-state index is 10.9. The molecule has 2 rings (SSSR count). The summed E-state index contributed by atoms with van der Waals surface area (Å²) < 4.78 is 10.5. The number of hydrogen-bond donors (Lipinski definition) is 0. The minimum Gasteiger partial charge on any atom is -0.494 e. The first-order valence-corrected chi connectivity index (χ1v) is 7.13. The lowest BCUT2D eigenvalue weighted by Crippen LogP contribution is -1.95. The van der Waals surface area contributed by atoms with E-state index >= 15 is 0 Å². The van der Waals surface area contributed by atoms with E-state index in [1.807, 2.05) is 24.3 Å². The second-order valence-corrected chi connectivity index (χ2v) is 4.84. The van der Waals surface area contributed by atoms with E-state index in [1.54, 1.807) is 19.1 Å². The van der Waals surface area contributed by atoms with Crippen molar-refractivity contribution < 1.29 is 14.2 Å². The normalized spacial score (nSPS) is 11.0. The van der Waals surface area contributed by atoms with Crippen LogP contribution in [0.25, 0.3) is 12.2 Å². The third-order valence-corrected chi connectivity index (χ3v) is 3.11. The van der Waals surface area contributed by atoms with Crippen LogP contribution in [0.15, 0.2) is 28.8 Å². The van der Waals surface area contributed by atoms with E-state index in [9.17, 15) is 10.1 Å². The first-order chi connectivity index (χ1) is 10.6. The molecule has 0 atom stereocenters. The van der Waals surface area contributed by atoms with Crippen molar-refractivity contribution in [3.05, 3.63) is 51.4 Å². The van der Waals surface area contributed by atoms with E-state index in [1.165, 1.54) is 0 Å². The summed E-state index contributed by atoms with van der Waals surface area (Å²) >= 11 is 0. The van der Waals surface area contributed by atoms with Crippen molar-refractivity contribution in [2.24, 2.45) is 0 Å². The van der Waals surface area contributed by atoms with Gasteiger partial charge in [-0.2, -0.15) is 0 Å². The van der Waals surface area contributed by atoms with Crippen LogP contribution >= 0.6 is 0 Å². The molecule has 0 N–H and O–H groups in total. The van der Waals surface area contributed by atoms with E-state index in [-0.39, 0.29) is 17.1 Å². The Morgan fingerprint density at radius 2 is 2.05 bits per heavy atom. The second-order valence-electron chi connectivity index (χ2n) is 4.84. The first kappa shape index (κ1) is 15.8. The van der Waals surface area contributed by atoms with Gasteiger partial charge in [0.1, 0.15) is 5.75 Å². The standard InChI is InChI=1S/C16H18N2O4/c1-3-4-11-21-14-8-5-13(6-9-14)7-10-15-16(18(19)20)12(2)17-22-15/h5-10H,3-4,11H2,1-2H3/b10-7+. The molecule has 0 amide bonds. The van der Waals surface area contributed by atoms with Crippen LogP contribution in [0.1, 0.15) is 36.8 Å². The molecule has 0 aliphatic heterocycles. The van der Waals surface area contributed by atoms with Gasteiger partial charge in [-0.05, 0) is 37.1 Å². The van der Waals surface area contributed by atoms with Gasteiger partial charge in [0, 0.05) is 0 Å². The average Bonchev–Trinajstić information content (AvgIpc) is 2.88.